The first-order valence-corrected chi connectivity index (χ1v) is 19.6. The second-order valence-corrected chi connectivity index (χ2v) is 16.2. The lowest BCUT2D eigenvalue weighted by atomic mass is 9.79. The van der Waals surface area contributed by atoms with Gasteiger partial charge in [-0.05, 0) is 89.6 Å². The molecule has 10 rings (SSSR count). The maximum Gasteiger partial charge on any atom is 0.222 e. The fraction of sp³-hybridized carbons (Fsp3) is 0.378. The van der Waals surface area contributed by atoms with E-state index in [-0.39, 0.29) is 17.7 Å². The van der Waals surface area contributed by atoms with Gasteiger partial charge in [0, 0.05) is 76.9 Å². The molecule has 1 aliphatic carbocycles. The SMILES string of the molecule is CN(C)C(=O)CCc1nc2c(N3CC(N(C)C)C3)nc3c(Cc4ccccc4)c(-c4cc(O)cc5ccccc45)c(CCC#N)cc3c2n1C1C2CNC1C2. The maximum atomic E-state index is 13.0. The minimum atomic E-state index is 0.0833. The van der Waals surface area contributed by atoms with Crippen LogP contribution in [0.2, 0.25) is 0 Å². The minimum Gasteiger partial charge on any atom is -0.508 e. The van der Waals surface area contributed by atoms with Crippen LogP contribution in [0.1, 0.15) is 47.8 Å². The number of amides is 1. The zero-order valence-corrected chi connectivity index (χ0v) is 32.1. The van der Waals surface area contributed by atoms with Crippen molar-refractivity contribution in [2.24, 2.45) is 5.92 Å². The van der Waals surface area contributed by atoms with Gasteiger partial charge in [-0.2, -0.15) is 5.26 Å². The number of rotatable bonds is 11. The number of aryl methyl sites for hydroxylation is 2. The van der Waals surface area contributed by atoms with E-state index in [0.717, 1.165) is 98.2 Å². The van der Waals surface area contributed by atoms with E-state index in [0.29, 0.717) is 50.1 Å². The monoisotopic (exact) mass is 732 g/mol. The summed E-state index contributed by atoms with van der Waals surface area (Å²) in [4.78, 5) is 30.5. The molecule has 2 aromatic heterocycles. The number of likely N-dealkylation sites (N-methyl/N-ethyl adjacent to an activating group) is 1. The minimum absolute atomic E-state index is 0.0833. The van der Waals surface area contributed by atoms with E-state index in [4.69, 9.17) is 9.97 Å². The molecule has 55 heavy (non-hydrogen) atoms. The highest BCUT2D eigenvalue weighted by atomic mass is 16.3. The lowest BCUT2D eigenvalue weighted by Gasteiger charge is -2.43. The molecule has 6 aromatic rings. The van der Waals surface area contributed by atoms with Crippen molar-refractivity contribution in [1.29, 1.82) is 5.26 Å². The van der Waals surface area contributed by atoms with Crippen molar-refractivity contribution in [2.75, 3.05) is 52.7 Å². The second kappa shape index (κ2) is 14.0. The van der Waals surface area contributed by atoms with Crippen LogP contribution in [-0.4, -0.2) is 95.3 Å². The molecule has 3 saturated heterocycles. The number of aromatic nitrogens is 3. The van der Waals surface area contributed by atoms with Crippen LogP contribution in [-0.2, 0) is 24.1 Å². The molecule has 2 bridgehead atoms. The van der Waals surface area contributed by atoms with E-state index in [1.807, 2.05) is 50.5 Å². The lowest BCUT2D eigenvalue weighted by Crippen LogP contribution is -2.57. The number of phenols is 1. The van der Waals surface area contributed by atoms with Crippen LogP contribution in [0.4, 0.5) is 5.82 Å². The topological polar surface area (TPSA) is 114 Å². The van der Waals surface area contributed by atoms with Crippen LogP contribution < -0.4 is 10.2 Å². The Bertz CT molecular complexity index is 2480. The average Bonchev–Trinajstić information content (AvgIpc) is 3.89. The smallest absolute Gasteiger partial charge is 0.222 e. The van der Waals surface area contributed by atoms with Gasteiger partial charge in [-0.1, -0.05) is 54.6 Å². The Labute approximate surface area is 322 Å². The van der Waals surface area contributed by atoms with Gasteiger partial charge in [-0.25, -0.2) is 9.97 Å². The molecule has 10 nitrogen and oxygen atoms in total. The Kier molecular flexibility index (Phi) is 8.95. The molecule has 4 aromatic carbocycles. The predicted molar refractivity (Wildman–Crippen MR) is 218 cm³/mol. The highest BCUT2D eigenvalue weighted by Crippen LogP contribution is 2.49. The molecule has 5 heterocycles. The first kappa shape index (κ1) is 35.2. The summed E-state index contributed by atoms with van der Waals surface area (Å²) < 4.78 is 2.48. The number of carbonyl (C=O) groups is 1. The Balaban J connectivity index is 1.40. The summed E-state index contributed by atoms with van der Waals surface area (Å²) in [7, 11) is 7.89. The summed E-state index contributed by atoms with van der Waals surface area (Å²) in [5, 5.41) is 28.0. The van der Waals surface area contributed by atoms with Crippen molar-refractivity contribution >= 4 is 44.4 Å². The Hall–Kier alpha value is -5.50. The average molecular weight is 733 g/mol. The van der Waals surface area contributed by atoms with E-state index >= 15 is 0 Å². The Morgan fingerprint density at radius 2 is 1.75 bits per heavy atom. The van der Waals surface area contributed by atoms with Crippen LogP contribution in [0.3, 0.4) is 0 Å². The van der Waals surface area contributed by atoms with Gasteiger partial charge in [0.1, 0.15) is 17.1 Å². The summed E-state index contributed by atoms with van der Waals surface area (Å²) >= 11 is 0. The standard InChI is InChI=1S/C45H48N8O2/c1-50(2)31-25-52(26-31)45-42-44(53(43-30-22-37(43)47-24-30)38(48-42)16-17-39(55)51(3)4)36-21-29(14-10-18-46)40(34-23-32(54)20-28-13-8-9-15-33(28)34)35(41(36)49-45)19-27-11-6-5-7-12-27/h5-9,11-13,15,20-21,23,30-31,37,43,47,54H,10,14,16-17,19,22,24-26H2,1-4H3. The Morgan fingerprint density at radius 1 is 0.964 bits per heavy atom. The highest BCUT2D eigenvalue weighted by Gasteiger charge is 2.49. The van der Waals surface area contributed by atoms with E-state index in [2.05, 4.69) is 76.2 Å². The van der Waals surface area contributed by atoms with Crippen LogP contribution in [0.25, 0.3) is 43.8 Å². The van der Waals surface area contributed by atoms with Crippen molar-refractivity contribution < 1.29 is 9.90 Å². The number of aromatic hydroxyl groups is 1. The quantitative estimate of drug-likeness (QED) is 0.156. The maximum absolute atomic E-state index is 13.0. The molecule has 0 radical (unpaired) electrons. The molecule has 4 fully saturated rings. The molecule has 1 saturated carbocycles. The number of benzene rings is 4. The van der Waals surface area contributed by atoms with Crippen molar-refractivity contribution in [3.05, 3.63) is 95.3 Å². The van der Waals surface area contributed by atoms with Gasteiger partial charge in [0.2, 0.25) is 5.91 Å². The third-order valence-electron chi connectivity index (χ3n) is 12.3. The van der Waals surface area contributed by atoms with E-state index in [1.54, 1.807) is 4.90 Å². The van der Waals surface area contributed by atoms with Crippen LogP contribution in [0.5, 0.6) is 5.75 Å². The molecule has 3 atom stereocenters. The fourth-order valence-electron chi connectivity index (χ4n) is 9.30. The number of fused-ring (bicyclic) bond motifs is 5. The van der Waals surface area contributed by atoms with Gasteiger partial charge < -0.3 is 29.7 Å². The number of hydrogen-bond donors (Lipinski definition) is 2. The zero-order valence-electron chi connectivity index (χ0n) is 32.1. The number of nitrogens with zero attached hydrogens (tertiary/aromatic N) is 7. The number of anilines is 1. The van der Waals surface area contributed by atoms with Gasteiger partial charge >= 0.3 is 0 Å². The van der Waals surface area contributed by atoms with Crippen molar-refractivity contribution in [3.8, 4) is 22.9 Å². The third kappa shape index (κ3) is 6.06. The molecule has 3 aliphatic heterocycles. The van der Waals surface area contributed by atoms with Crippen molar-refractivity contribution in [1.82, 2.24) is 29.7 Å². The van der Waals surface area contributed by atoms with Gasteiger partial charge in [0.05, 0.1) is 23.1 Å². The number of hydrogen-bond acceptors (Lipinski definition) is 8. The number of nitrogens with one attached hydrogen (secondary N) is 1. The van der Waals surface area contributed by atoms with Crippen LogP contribution >= 0.6 is 0 Å². The molecule has 3 unspecified atom stereocenters. The molecule has 280 valence electrons. The van der Waals surface area contributed by atoms with Gasteiger partial charge in [0.25, 0.3) is 0 Å². The predicted octanol–water partition coefficient (Wildman–Crippen LogP) is 6.46. The molecular formula is C45H48N8O2. The van der Waals surface area contributed by atoms with E-state index in [9.17, 15) is 15.2 Å². The number of phenolic OH excluding ortho intramolecular Hbond substituents is 1. The van der Waals surface area contributed by atoms with Gasteiger partial charge in [-0.3, -0.25) is 4.79 Å². The number of carbonyl (C=O) groups excluding carboxylic acids is 1. The van der Waals surface area contributed by atoms with E-state index < -0.39 is 0 Å². The van der Waals surface area contributed by atoms with Gasteiger partial charge in [0.15, 0.2) is 5.82 Å². The fourth-order valence-corrected chi connectivity index (χ4v) is 9.30. The molecule has 10 heteroatoms. The summed E-state index contributed by atoms with van der Waals surface area (Å²) in [6, 6.07) is 28.1. The van der Waals surface area contributed by atoms with Crippen molar-refractivity contribution in [3.63, 3.8) is 0 Å². The Morgan fingerprint density at radius 3 is 2.45 bits per heavy atom. The third-order valence-corrected chi connectivity index (χ3v) is 12.3. The number of pyridine rings is 1. The molecule has 0 spiro atoms. The first-order valence-electron chi connectivity index (χ1n) is 19.6. The van der Waals surface area contributed by atoms with Crippen molar-refractivity contribution in [2.45, 2.75) is 56.7 Å². The van der Waals surface area contributed by atoms with E-state index in [1.165, 1.54) is 0 Å². The van der Waals surface area contributed by atoms with Crippen LogP contribution in [0, 0.1) is 17.2 Å². The zero-order chi connectivity index (χ0) is 38.0. The summed E-state index contributed by atoms with van der Waals surface area (Å²) in [5.74, 6) is 2.58. The summed E-state index contributed by atoms with van der Waals surface area (Å²) in [6.07, 6.45) is 3.55. The molecule has 1 amide bonds. The first-order chi connectivity index (χ1) is 26.7. The molecular weight excluding hydrogens is 685 g/mol. The largest absolute Gasteiger partial charge is 0.508 e. The second-order valence-electron chi connectivity index (χ2n) is 16.2. The van der Waals surface area contributed by atoms with Gasteiger partial charge in [-0.15, -0.1) is 0 Å². The van der Waals surface area contributed by atoms with Crippen LogP contribution in [0.15, 0.2) is 72.8 Å². The normalized spacial score (nSPS) is 19.3. The highest BCUT2D eigenvalue weighted by molar-refractivity contribution is 6.12. The summed E-state index contributed by atoms with van der Waals surface area (Å²) in [5.41, 5.74) is 8.12. The lowest BCUT2D eigenvalue weighted by molar-refractivity contribution is -0.128. The number of imidazole rings is 1. The molecule has 2 N–H and O–H groups in total. The number of nitriles is 1. The molecule has 4 aliphatic rings. The summed E-state index contributed by atoms with van der Waals surface area (Å²) in [6.45, 7) is 2.66.